The number of hydrogen-bond donors (Lipinski definition) is 1. The smallest absolute Gasteiger partial charge is 0.272 e. The Morgan fingerprint density at radius 2 is 2.00 bits per heavy atom. The summed E-state index contributed by atoms with van der Waals surface area (Å²) in [5.74, 6) is 0.588. The van der Waals surface area contributed by atoms with Crippen LogP contribution in [-0.2, 0) is 6.54 Å². The van der Waals surface area contributed by atoms with Crippen LogP contribution in [0.25, 0.3) is 0 Å². The van der Waals surface area contributed by atoms with Crippen LogP contribution >= 0.6 is 0 Å². The molecule has 0 atom stereocenters. The number of nitrogens with one attached hydrogen (secondary N) is 1. The number of nitrogens with zero attached hydrogens (tertiary/aromatic N) is 5. The third-order valence-electron chi connectivity index (χ3n) is 3.85. The number of likely N-dealkylation sites (N-methyl/N-ethyl adjacent to an activating group) is 1. The van der Waals surface area contributed by atoms with Crippen LogP contribution in [0.3, 0.4) is 0 Å². The number of carbonyl (C=O) groups excluding carboxylic acids is 1. The van der Waals surface area contributed by atoms with Gasteiger partial charge in [0.1, 0.15) is 17.8 Å². The highest BCUT2D eigenvalue weighted by molar-refractivity contribution is 5.93. The standard InChI is InChI=1S/C16H20N6O/c1-21-6-8-22(9-7-21)16(23)14-10-15(20-12-19-14)18-11-13-4-2-3-5-17-13/h2-5,10,12H,6-9,11H2,1H3,(H,18,19,20). The van der Waals surface area contributed by atoms with Gasteiger partial charge in [0.2, 0.25) is 0 Å². The predicted octanol–water partition coefficient (Wildman–Crippen LogP) is 0.871. The van der Waals surface area contributed by atoms with E-state index in [1.165, 1.54) is 6.33 Å². The summed E-state index contributed by atoms with van der Waals surface area (Å²) in [6, 6.07) is 7.45. The maximum Gasteiger partial charge on any atom is 0.272 e. The Labute approximate surface area is 135 Å². The van der Waals surface area contributed by atoms with E-state index in [9.17, 15) is 4.79 Å². The van der Waals surface area contributed by atoms with Crippen molar-refractivity contribution in [2.24, 2.45) is 0 Å². The quantitative estimate of drug-likeness (QED) is 0.903. The van der Waals surface area contributed by atoms with Crippen molar-refractivity contribution < 1.29 is 4.79 Å². The van der Waals surface area contributed by atoms with Crippen molar-refractivity contribution in [1.29, 1.82) is 0 Å². The van der Waals surface area contributed by atoms with Gasteiger partial charge in [-0.2, -0.15) is 0 Å². The Bertz CT molecular complexity index is 655. The van der Waals surface area contributed by atoms with E-state index in [0.29, 0.717) is 18.1 Å². The lowest BCUT2D eigenvalue weighted by molar-refractivity contribution is 0.0658. The topological polar surface area (TPSA) is 74.2 Å². The first-order valence-corrected chi connectivity index (χ1v) is 7.66. The summed E-state index contributed by atoms with van der Waals surface area (Å²) < 4.78 is 0. The number of pyridine rings is 1. The number of hydrogen-bond acceptors (Lipinski definition) is 6. The van der Waals surface area contributed by atoms with E-state index in [2.05, 4.69) is 32.2 Å². The number of aromatic nitrogens is 3. The van der Waals surface area contributed by atoms with E-state index < -0.39 is 0 Å². The summed E-state index contributed by atoms with van der Waals surface area (Å²) in [6.07, 6.45) is 3.17. The lowest BCUT2D eigenvalue weighted by atomic mass is 10.2. The van der Waals surface area contributed by atoms with Crippen LogP contribution in [0.4, 0.5) is 5.82 Å². The van der Waals surface area contributed by atoms with Crippen molar-refractivity contribution in [2.75, 3.05) is 38.5 Å². The molecule has 120 valence electrons. The van der Waals surface area contributed by atoms with E-state index in [-0.39, 0.29) is 5.91 Å². The zero-order valence-corrected chi connectivity index (χ0v) is 13.1. The number of anilines is 1. The molecule has 7 nitrogen and oxygen atoms in total. The van der Waals surface area contributed by atoms with Gasteiger partial charge in [0.15, 0.2) is 0 Å². The maximum absolute atomic E-state index is 12.5. The Hall–Kier alpha value is -2.54. The SMILES string of the molecule is CN1CCN(C(=O)c2cc(NCc3ccccn3)ncn2)CC1. The number of amides is 1. The molecule has 0 saturated carbocycles. The van der Waals surface area contributed by atoms with Crippen LogP contribution in [0.5, 0.6) is 0 Å². The zero-order chi connectivity index (χ0) is 16.1. The van der Waals surface area contributed by atoms with Crippen molar-refractivity contribution in [3.63, 3.8) is 0 Å². The fourth-order valence-electron chi connectivity index (χ4n) is 2.43. The van der Waals surface area contributed by atoms with Gasteiger partial charge < -0.3 is 15.1 Å². The zero-order valence-electron chi connectivity index (χ0n) is 13.1. The summed E-state index contributed by atoms with van der Waals surface area (Å²) in [4.78, 5) is 29.1. The first-order valence-electron chi connectivity index (χ1n) is 7.66. The normalized spacial score (nSPS) is 15.4. The molecule has 1 amide bonds. The third-order valence-corrected chi connectivity index (χ3v) is 3.85. The van der Waals surface area contributed by atoms with Crippen LogP contribution < -0.4 is 5.32 Å². The molecule has 1 aliphatic rings. The molecule has 1 aliphatic heterocycles. The lowest BCUT2D eigenvalue weighted by Crippen LogP contribution is -2.47. The molecule has 3 heterocycles. The van der Waals surface area contributed by atoms with Crippen molar-refractivity contribution in [3.8, 4) is 0 Å². The molecule has 2 aromatic heterocycles. The second-order valence-corrected chi connectivity index (χ2v) is 5.56. The van der Waals surface area contributed by atoms with Gasteiger partial charge in [-0.15, -0.1) is 0 Å². The minimum absolute atomic E-state index is 0.0404. The van der Waals surface area contributed by atoms with Gasteiger partial charge in [0.05, 0.1) is 12.2 Å². The largest absolute Gasteiger partial charge is 0.364 e. The Morgan fingerprint density at radius 1 is 1.17 bits per heavy atom. The molecule has 0 unspecified atom stereocenters. The van der Waals surface area contributed by atoms with Crippen LogP contribution in [0, 0.1) is 0 Å². The highest BCUT2D eigenvalue weighted by Crippen LogP contribution is 2.10. The number of carbonyl (C=O) groups is 1. The van der Waals surface area contributed by atoms with Crippen molar-refractivity contribution in [3.05, 3.63) is 48.2 Å². The average Bonchev–Trinajstić information content (AvgIpc) is 2.61. The predicted molar refractivity (Wildman–Crippen MR) is 87.0 cm³/mol. The van der Waals surface area contributed by atoms with Crippen molar-refractivity contribution in [2.45, 2.75) is 6.54 Å². The minimum atomic E-state index is -0.0404. The second kappa shape index (κ2) is 7.15. The van der Waals surface area contributed by atoms with E-state index in [4.69, 9.17) is 0 Å². The Morgan fingerprint density at radius 3 is 2.74 bits per heavy atom. The highest BCUT2D eigenvalue weighted by Gasteiger charge is 2.21. The fraction of sp³-hybridized carbons (Fsp3) is 0.375. The molecule has 2 aromatic rings. The highest BCUT2D eigenvalue weighted by atomic mass is 16.2. The van der Waals surface area contributed by atoms with E-state index >= 15 is 0 Å². The summed E-state index contributed by atoms with van der Waals surface area (Å²) in [5, 5.41) is 3.17. The number of piperazine rings is 1. The molecule has 0 spiro atoms. The average molecular weight is 312 g/mol. The molecule has 1 fully saturated rings. The summed E-state index contributed by atoms with van der Waals surface area (Å²) in [5.41, 5.74) is 1.34. The van der Waals surface area contributed by atoms with E-state index in [0.717, 1.165) is 31.9 Å². The molecular weight excluding hydrogens is 292 g/mol. The van der Waals surface area contributed by atoms with Gasteiger partial charge >= 0.3 is 0 Å². The third kappa shape index (κ3) is 4.01. The van der Waals surface area contributed by atoms with Gasteiger partial charge in [-0.3, -0.25) is 9.78 Å². The molecule has 1 saturated heterocycles. The molecule has 0 aliphatic carbocycles. The first kappa shape index (κ1) is 15.4. The molecular formula is C16H20N6O. The monoisotopic (exact) mass is 312 g/mol. The van der Waals surface area contributed by atoms with E-state index in [1.807, 2.05) is 23.1 Å². The van der Waals surface area contributed by atoms with Crippen LogP contribution in [0.1, 0.15) is 16.2 Å². The first-order chi connectivity index (χ1) is 11.2. The van der Waals surface area contributed by atoms with Gasteiger partial charge in [0.25, 0.3) is 5.91 Å². The van der Waals surface area contributed by atoms with E-state index in [1.54, 1.807) is 12.3 Å². The van der Waals surface area contributed by atoms with Gasteiger partial charge in [-0.1, -0.05) is 6.07 Å². The lowest BCUT2D eigenvalue weighted by Gasteiger charge is -2.32. The molecule has 0 bridgehead atoms. The summed E-state index contributed by atoms with van der Waals surface area (Å²) in [7, 11) is 2.06. The molecule has 7 heteroatoms. The van der Waals surface area contributed by atoms with Crippen molar-refractivity contribution >= 4 is 11.7 Å². The number of rotatable bonds is 4. The van der Waals surface area contributed by atoms with Crippen LogP contribution in [0.2, 0.25) is 0 Å². The molecule has 1 N–H and O–H groups in total. The molecule has 3 rings (SSSR count). The van der Waals surface area contributed by atoms with Gasteiger partial charge in [-0.05, 0) is 19.2 Å². The molecule has 23 heavy (non-hydrogen) atoms. The fourth-order valence-corrected chi connectivity index (χ4v) is 2.43. The Balaban J connectivity index is 1.64. The van der Waals surface area contributed by atoms with Gasteiger partial charge in [-0.25, -0.2) is 9.97 Å². The Kier molecular flexibility index (Phi) is 4.77. The molecule has 0 aromatic carbocycles. The summed E-state index contributed by atoms with van der Waals surface area (Å²) in [6.45, 7) is 3.80. The minimum Gasteiger partial charge on any atom is -0.364 e. The van der Waals surface area contributed by atoms with Gasteiger partial charge in [0, 0.05) is 38.4 Å². The van der Waals surface area contributed by atoms with Crippen molar-refractivity contribution in [1.82, 2.24) is 24.8 Å². The molecule has 0 radical (unpaired) electrons. The van der Waals surface area contributed by atoms with Crippen LogP contribution in [-0.4, -0.2) is 63.9 Å². The summed E-state index contributed by atoms with van der Waals surface area (Å²) >= 11 is 0. The maximum atomic E-state index is 12.5. The van der Waals surface area contributed by atoms with Crippen LogP contribution in [0.15, 0.2) is 36.8 Å². The second-order valence-electron chi connectivity index (χ2n) is 5.56.